The predicted octanol–water partition coefficient (Wildman–Crippen LogP) is 1.83. The third kappa shape index (κ3) is 3.49. The summed E-state index contributed by atoms with van der Waals surface area (Å²) in [6.07, 6.45) is 1.82. The largest absolute Gasteiger partial charge is 0.497 e. The lowest BCUT2D eigenvalue weighted by Gasteiger charge is -2.09. The van der Waals surface area contributed by atoms with E-state index in [0.29, 0.717) is 0 Å². The van der Waals surface area contributed by atoms with Crippen LogP contribution in [0.15, 0.2) is 24.3 Å². The highest BCUT2D eigenvalue weighted by atomic mass is 16.5. The van der Waals surface area contributed by atoms with Gasteiger partial charge in [0.25, 0.3) is 0 Å². The maximum absolute atomic E-state index is 9.93. The highest BCUT2D eigenvalue weighted by Gasteiger charge is 2.09. The number of rotatable bonds is 3. The summed E-state index contributed by atoms with van der Waals surface area (Å²) in [6.45, 7) is 3.02. The van der Waals surface area contributed by atoms with Crippen molar-refractivity contribution in [1.29, 1.82) is 0 Å². The van der Waals surface area contributed by atoms with Crippen molar-refractivity contribution in [2.24, 2.45) is 0 Å². The van der Waals surface area contributed by atoms with E-state index in [-0.39, 0.29) is 0 Å². The Hall–Kier alpha value is -1.50. The molecule has 2 rings (SSSR count). The Morgan fingerprint density at radius 1 is 1.28 bits per heavy atom. The first-order valence-electron chi connectivity index (χ1n) is 6.32. The Morgan fingerprint density at radius 3 is 2.56 bits per heavy atom. The lowest BCUT2D eigenvalue weighted by molar-refractivity contribution is 0.238. The molecule has 3 heteroatoms. The molecule has 1 N–H and O–H groups in total. The Balaban J connectivity index is 1.89. The van der Waals surface area contributed by atoms with Crippen LogP contribution in [0.25, 0.3) is 0 Å². The molecule has 1 fully saturated rings. The number of aliphatic hydroxyl groups is 1. The first-order chi connectivity index (χ1) is 8.79. The molecule has 0 aliphatic carbocycles. The van der Waals surface area contributed by atoms with Gasteiger partial charge in [-0.05, 0) is 43.6 Å². The lowest BCUT2D eigenvalue weighted by Crippen LogP contribution is -2.19. The van der Waals surface area contributed by atoms with Crippen LogP contribution in [0.5, 0.6) is 5.75 Å². The molecule has 1 saturated heterocycles. The summed E-state index contributed by atoms with van der Waals surface area (Å²) < 4.78 is 5.07. The predicted molar refractivity (Wildman–Crippen MR) is 71.4 cm³/mol. The third-order valence-electron chi connectivity index (χ3n) is 3.17. The minimum atomic E-state index is -0.710. The molecule has 0 radical (unpaired) electrons. The van der Waals surface area contributed by atoms with Crippen LogP contribution in [-0.2, 0) is 0 Å². The monoisotopic (exact) mass is 245 g/mol. The number of hydrogen-bond donors (Lipinski definition) is 1. The fourth-order valence-corrected chi connectivity index (χ4v) is 2.06. The molecule has 1 aromatic rings. The van der Waals surface area contributed by atoms with E-state index in [9.17, 15) is 5.11 Å². The van der Waals surface area contributed by atoms with Crippen molar-refractivity contribution in [2.45, 2.75) is 18.9 Å². The number of likely N-dealkylation sites (tertiary alicyclic amines) is 1. The summed E-state index contributed by atoms with van der Waals surface area (Å²) in [7, 11) is 1.63. The van der Waals surface area contributed by atoms with Crippen molar-refractivity contribution < 1.29 is 9.84 Å². The van der Waals surface area contributed by atoms with E-state index >= 15 is 0 Å². The van der Waals surface area contributed by atoms with Gasteiger partial charge in [-0.15, -0.1) is 0 Å². The summed E-state index contributed by atoms with van der Waals surface area (Å²) in [4.78, 5) is 2.31. The van der Waals surface area contributed by atoms with E-state index in [1.54, 1.807) is 7.11 Å². The summed E-state index contributed by atoms with van der Waals surface area (Å²) in [5, 5.41) is 9.93. The summed E-state index contributed by atoms with van der Waals surface area (Å²) in [5.74, 6) is 6.72. The second kappa shape index (κ2) is 6.44. The second-order valence-electron chi connectivity index (χ2n) is 4.48. The molecule has 1 atom stereocenters. The average Bonchev–Trinajstić information content (AvgIpc) is 2.92. The van der Waals surface area contributed by atoms with Crippen molar-refractivity contribution in [3.63, 3.8) is 0 Å². The standard InChI is InChI=1S/C15H19NO2/c1-18-14-8-6-13(7-9-14)15(17)5-4-12-16-10-2-3-11-16/h6-9,15,17H,2-3,10-12H2,1H3. The van der Waals surface area contributed by atoms with Crippen molar-refractivity contribution in [2.75, 3.05) is 26.7 Å². The summed E-state index contributed by atoms with van der Waals surface area (Å²) in [6, 6.07) is 7.35. The van der Waals surface area contributed by atoms with E-state index < -0.39 is 6.10 Å². The SMILES string of the molecule is COc1ccc(C(O)C#CCN2CCCC2)cc1. The summed E-state index contributed by atoms with van der Waals surface area (Å²) >= 11 is 0. The second-order valence-corrected chi connectivity index (χ2v) is 4.48. The van der Waals surface area contributed by atoms with Crippen LogP contribution in [-0.4, -0.2) is 36.8 Å². The van der Waals surface area contributed by atoms with Gasteiger partial charge in [0, 0.05) is 0 Å². The van der Waals surface area contributed by atoms with Crippen molar-refractivity contribution in [3.8, 4) is 17.6 Å². The molecule has 0 saturated carbocycles. The van der Waals surface area contributed by atoms with E-state index in [4.69, 9.17) is 4.74 Å². The molecule has 1 unspecified atom stereocenters. The van der Waals surface area contributed by atoms with E-state index in [0.717, 1.165) is 30.9 Å². The smallest absolute Gasteiger partial charge is 0.140 e. The molecular formula is C15H19NO2. The number of ether oxygens (including phenoxy) is 1. The Kier molecular flexibility index (Phi) is 4.63. The zero-order valence-corrected chi connectivity index (χ0v) is 10.7. The maximum Gasteiger partial charge on any atom is 0.140 e. The number of benzene rings is 1. The van der Waals surface area contributed by atoms with Gasteiger partial charge in [-0.3, -0.25) is 4.90 Å². The van der Waals surface area contributed by atoms with Crippen molar-refractivity contribution in [3.05, 3.63) is 29.8 Å². The van der Waals surface area contributed by atoms with Gasteiger partial charge in [-0.2, -0.15) is 0 Å². The van der Waals surface area contributed by atoms with Gasteiger partial charge in [0.1, 0.15) is 11.9 Å². The van der Waals surface area contributed by atoms with E-state index in [1.165, 1.54) is 12.8 Å². The van der Waals surface area contributed by atoms with E-state index in [2.05, 4.69) is 16.7 Å². The molecule has 0 aromatic heterocycles. The van der Waals surface area contributed by atoms with Crippen LogP contribution in [0.3, 0.4) is 0 Å². The number of nitrogens with zero attached hydrogens (tertiary/aromatic N) is 1. The quantitative estimate of drug-likeness (QED) is 0.825. The van der Waals surface area contributed by atoms with Crippen LogP contribution in [0.2, 0.25) is 0 Å². The highest BCUT2D eigenvalue weighted by molar-refractivity contribution is 5.31. The van der Waals surface area contributed by atoms with Gasteiger partial charge in [0.05, 0.1) is 13.7 Å². The lowest BCUT2D eigenvalue weighted by atomic mass is 10.1. The minimum Gasteiger partial charge on any atom is -0.497 e. The molecule has 3 nitrogen and oxygen atoms in total. The highest BCUT2D eigenvalue weighted by Crippen LogP contribution is 2.16. The van der Waals surface area contributed by atoms with Crippen molar-refractivity contribution >= 4 is 0 Å². The van der Waals surface area contributed by atoms with Crippen LogP contribution in [0.1, 0.15) is 24.5 Å². The molecule has 0 amide bonds. The van der Waals surface area contributed by atoms with Gasteiger partial charge >= 0.3 is 0 Å². The topological polar surface area (TPSA) is 32.7 Å². The molecule has 1 aliphatic heterocycles. The molecular weight excluding hydrogens is 226 g/mol. The first kappa shape index (κ1) is 12.9. The molecule has 1 aromatic carbocycles. The summed E-state index contributed by atoms with van der Waals surface area (Å²) in [5.41, 5.74) is 0.810. The number of aliphatic hydroxyl groups excluding tert-OH is 1. The zero-order chi connectivity index (χ0) is 12.8. The molecule has 1 heterocycles. The Labute approximate surface area is 108 Å². The maximum atomic E-state index is 9.93. The number of methoxy groups -OCH3 is 1. The van der Waals surface area contributed by atoms with Crippen LogP contribution >= 0.6 is 0 Å². The van der Waals surface area contributed by atoms with Crippen LogP contribution in [0, 0.1) is 11.8 Å². The van der Waals surface area contributed by atoms with E-state index in [1.807, 2.05) is 24.3 Å². The van der Waals surface area contributed by atoms with Gasteiger partial charge in [0.15, 0.2) is 0 Å². The van der Waals surface area contributed by atoms with Gasteiger partial charge < -0.3 is 9.84 Å². The average molecular weight is 245 g/mol. The van der Waals surface area contributed by atoms with Crippen molar-refractivity contribution in [1.82, 2.24) is 4.90 Å². The fourth-order valence-electron chi connectivity index (χ4n) is 2.06. The van der Waals surface area contributed by atoms with Gasteiger partial charge in [0.2, 0.25) is 0 Å². The molecule has 0 spiro atoms. The van der Waals surface area contributed by atoms with Crippen LogP contribution < -0.4 is 4.74 Å². The molecule has 1 aliphatic rings. The minimum absolute atomic E-state index is 0.710. The Bertz CT molecular complexity index is 424. The fraction of sp³-hybridized carbons (Fsp3) is 0.467. The van der Waals surface area contributed by atoms with Gasteiger partial charge in [-0.25, -0.2) is 0 Å². The normalized spacial score (nSPS) is 17.0. The van der Waals surface area contributed by atoms with Gasteiger partial charge in [-0.1, -0.05) is 24.0 Å². The first-order valence-corrected chi connectivity index (χ1v) is 6.32. The number of hydrogen-bond acceptors (Lipinski definition) is 3. The Morgan fingerprint density at radius 2 is 1.94 bits per heavy atom. The molecule has 18 heavy (non-hydrogen) atoms. The molecule has 0 bridgehead atoms. The zero-order valence-electron chi connectivity index (χ0n) is 10.7. The van der Waals surface area contributed by atoms with Crippen LogP contribution in [0.4, 0.5) is 0 Å². The third-order valence-corrected chi connectivity index (χ3v) is 3.17. The molecule has 96 valence electrons.